The molecule has 0 radical (unpaired) electrons. The molecule has 3 heteroatoms. The summed E-state index contributed by atoms with van der Waals surface area (Å²) in [5, 5.41) is 3.99. The lowest BCUT2D eigenvalue weighted by Crippen LogP contribution is -2.19. The topological polar surface area (TPSA) is 41.5 Å². The highest BCUT2D eigenvalue weighted by Gasteiger charge is 2.01. The maximum atomic E-state index is 11.7. The third-order valence-corrected chi connectivity index (χ3v) is 3.21. The van der Waals surface area contributed by atoms with E-state index in [0.29, 0.717) is 12.3 Å². The van der Waals surface area contributed by atoms with Gasteiger partial charge in [-0.1, -0.05) is 68.4 Å². The Kier molecular flexibility index (Phi) is 5.27. The Hall–Kier alpha value is -2.42. The van der Waals surface area contributed by atoms with E-state index in [0.717, 1.165) is 11.1 Å². The second-order valence-corrected chi connectivity index (χ2v) is 5.28. The van der Waals surface area contributed by atoms with Crippen LogP contribution in [0.25, 0.3) is 0 Å². The Bertz CT molecular complexity index is 601. The summed E-state index contributed by atoms with van der Waals surface area (Å²) in [5.41, 5.74) is 5.79. The van der Waals surface area contributed by atoms with E-state index >= 15 is 0 Å². The number of carbonyl (C=O) groups excluding carboxylic acids is 1. The Balaban J connectivity index is 1.86. The van der Waals surface area contributed by atoms with Gasteiger partial charge in [0.05, 0.1) is 12.6 Å². The molecular formula is C18H20N2O. The number of hydrogen-bond acceptors (Lipinski definition) is 2. The van der Waals surface area contributed by atoms with Crippen LogP contribution in [-0.4, -0.2) is 12.1 Å². The van der Waals surface area contributed by atoms with Gasteiger partial charge in [0.1, 0.15) is 0 Å². The summed E-state index contributed by atoms with van der Waals surface area (Å²) in [6.07, 6.45) is 2.00. The van der Waals surface area contributed by atoms with Crippen LogP contribution >= 0.6 is 0 Å². The number of amides is 1. The molecule has 2 aromatic carbocycles. The van der Waals surface area contributed by atoms with E-state index in [1.165, 1.54) is 5.56 Å². The SMILES string of the molecule is CC(C)c1ccc(C=NNC(=O)Cc2ccccc2)cc1. The molecule has 0 aliphatic heterocycles. The highest BCUT2D eigenvalue weighted by Crippen LogP contribution is 2.13. The van der Waals surface area contributed by atoms with E-state index in [4.69, 9.17) is 0 Å². The first-order valence-corrected chi connectivity index (χ1v) is 7.11. The van der Waals surface area contributed by atoms with Crippen LogP contribution in [0.1, 0.15) is 36.5 Å². The quantitative estimate of drug-likeness (QED) is 0.661. The van der Waals surface area contributed by atoms with Crippen LogP contribution in [0.5, 0.6) is 0 Å². The van der Waals surface area contributed by atoms with Crippen molar-refractivity contribution in [3.8, 4) is 0 Å². The van der Waals surface area contributed by atoms with Crippen LogP contribution in [0.2, 0.25) is 0 Å². The number of hydrazone groups is 1. The van der Waals surface area contributed by atoms with Crippen molar-refractivity contribution in [2.24, 2.45) is 5.10 Å². The van der Waals surface area contributed by atoms with Crippen LogP contribution in [0.15, 0.2) is 59.7 Å². The van der Waals surface area contributed by atoms with Crippen molar-refractivity contribution in [3.05, 3.63) is 71.3 Å². The molecule has 0 spiro atoms. The standard InChI is InChI=1S/C18H20N2O/c1-14(2)17-10-8-16(9-11-17)13-19-20-18(21)12-15-6-4-3-5-7-15/h3-11,13-14H,12H2,1-2H3,(H,20,21). The first-order chi connectivity index (χ1) is 10.1. The second-order valence-electron chi connectivity index (χ2n) is 5.28. The minimum absolute atomic E-state index is 0.115. The summed E-state index contributed by atoms with van der Waals surface area (Å²) in [5.74, 6) is 0.401. The van der Waals surface area contributed by atoms with Gasteiger partial charge in [-0.05, 0) is 22.6 Å². The molecule has 108 valence electrons. The largest absolute Gasteiger partial charge is 0.273 e. The Morgan fingerprint density at radius 2 is 1.76 bits per heavy atom. The van der Waals surface area contributed by atoms with Crippen molar-refractivity contribution in [3.63, 3.8) is 0 Å². The molecule has 0 fully saturated rings. The van der Waals surface area contributed by atoms with Gasteiger partial charge < -0.3 is 0 Å². The summed E-state index contributed by atoms with van der Waals surface area (Å²) in [4.78, 5) is 11.7. The summed E-state index contributed by atoms with van der Waals surface area (Å²) in [7, 11) is 0. The first kappa shape index (κ1) is 15.0. The number of nitrogens with zero attached hydrogens (tertiary/aromatic N) is 1. The minimum Gasteiger partial charge on any atom is -0.273 e. The maximum absolute atomic E-state index is 11.7. The molecule has 1 amide bonds. The smallest absolute Gasteiger partial charge is 0.244 e. The van der Waals surface area contributed by atoms with Crippen molar-refractivity contribution in [2.75, 3.05) is 0 Å². The van der Waals surface area contributed by atoms with Crippen LogP contribution < -0.4 is 5.43 Å². The van der Waals surface area contributed by atoms with Crippen molar-refractivity contribution in [1.82, 2.24) is 5.43 Å². The predicted octanol–water partition coefficient (Wildman–Crippen LogP) is 3.50. The van der Waals surface area contributed by atoms with E-state index in [1.807, 2.05) is 42.5 Å². The highest BCUT2D eigenvalue weighted by molar-refractivity contribution is 5.83. The zero-order valence-corrected chi connectivity index (χ0v) is 12.4. The normalized spacial score (nSPS) is 11.0. The molecule has 0 aliphatic carbocycles. The average Bonchev–Trinajstić information content (AvgIpc) is 2.49. The van der Waals surface area contributed by atoms with E-state index in [2.05, 4.69) is 36.5 Å². The van der Waals surface area contributed by atoms with Crippen LogP contribution in [0.3, 0.4) is 0 Å². The summed E-state index contributed by atoms with van der Waals surface area (Å²) in [6, 6.07) is 17.8. The fraction of sp³-hybridized carbons (Fsp3) is 0.222. The van der Waals surface area contributed by atoms with Gasteiger partial charge in [-0.25, -0.2) is 5.43 Å². The summed E-state index contributed by atoms with van der Waals surface area (Å²) >= 11 is 0. The fourth-order valence-electron chi connectivity index (χ4n) is 1.97. The van der Waals surface area contributed by atoms with Crippen LogP contribution in [0.4, 0.5) is 0 Å². The van der Waals surface area contributed by atoms with Gasteiger partial charge in [0.25, 0.3) is 0 Å². The first-order valence-electron chi connectivity index (χ1n) is 7.11. The van der Waals surface area contributed by atoms with Crippen molar-refractivity contribution in [2.45, 2.75) is 26.2 Å². The van der Waals surface area contributed by atoms with Crippen molar-refractivity contribution >= 4 is 12.1 Å². The van der Waals surface area contributed by atoms with Crippen LogP contribution in [0, 0.1) is 0 Å². The lowest BCUT2D eigenvalue weighted by Gasteiger charge is -2.04. The Morgan fingerprint density at radius 1 is 1.10 bits per heavy atom. The average molecular weight is 280 g/mol. The Morgan fingerprint density at radius 3 is 2.38 bits per heavy atom. The molecule has 2 rings (SSSR count). The molecule has 2 aromatic rings. The molecule has 1 N–H and O–H groups in total. The minimum atomic E-state index is -0.115. The van der Waals surface area contributed by atoms with Gasteiger partial charge in [-0.2, -0.15) is 5.10 Å². The Labute approximate surface area is 125 Å². The number of rotatable bonds is 5. The summed E-state index contributed by atoms with van der Waals surface area (Å²) < 4.78 is 0. The highest BCUT2D eigenvalue weighted by atomic mass is 16.2. The zero-order chi connectivity index (χ0) is 15.1. The van der Waals surface area contributed by atoms with Gasteiger partial charge in [-0.15, -0.1) is 0 Å². The molecule has 0 aliphatic rings. The van der Waals surface area contributed by atoms with Gasteiger partial charge in [-0.3, -0.25) is 4.79 Å². The van der Waals surface area contributed by atoms with Gasteiger partial charge in [0.15, 0.2) is 0 Å². The van der Waals surface area contributed by atoms with Crippen molar-refractivity contribution in [1.29, 1.82) is 0 Å². The third kappa shape index (κ3) is 4.88. The number of benzene rings is 2. The molecule has 0 saturated carbocycles. The van der Waals surface area contributed by atoms with Crippen LogP contribution in [-0.2, 0) is 11.2 Å². The lowest BCUT2D eigenvalue weighted by molar-refractivity contribution is -0.120. The van der Waals surface area contributed by atoms with Crippen molar-refractivity contribution < 1.29 is 4.79 Å². The molecular weight excluding hydrogens is 260 g/mol. The molecule has 0 atom stereocenters. The molecule has 0 saturated heterocycles. The zero-order valence-electron chi connectivity index (χ0n) is 12.4. The maximum Gasteiger partial charge on any atom is 0.244 e. The van der Waals surface area contributed by atoms with Gasteiger partial charge in [0, 0.05) is 0 Å². The fourth-order valence-corrected chi connectivity index (χ4v) is 1.97. The molecule has 0 aromatic heterocycles. The van der Waals surface area contributed by atoms with Gasteiger partial charge >= 0.3 is 0 Å². The number of hydrogen-bond donors (Lipinski definition) is 1. The number of nitrogens with one attached hydrogen (secondary N) is 1. The molecule has 3 nitrogen and oxygen atoms in total. The van der Waals surface area contributed by atoms with E-state index in [-0.39, 0.29) is 5.91 Å². The van der Waals surface area contributed by atoms with E-state index in [1.54, 1.807) is 6.21 Å². The lowest BCUT2D eigenvalue weighted by atomic mass is 10.0. The van der Waals surface area contributed by atoms with E-state index < -0.39 is 0 Å². The molecule has 0 bridgehead atoms. The second kappa shape index (κ2) is 7.39. The monoisotopic (exact) mass is 280 g/mol. The van der Waals surface area contributed by atoms with Gasteiger partial charge in [0.2, 0.25) is 5.91 Å². The predicted molar refractivity (Wildman–Crippen MR) is 86.4 cm³/mol. The summed E-state index contributed by atoms with van der Waals surface area (Å²) in [6.45, 7) is 4.32. The molecule has 0 heterocycles. The molecule has 0 unspecified atom stereocenters. The third-order valence-electron chi connectivity index (χ3n) is 3.21. The number of carbonyl (C=O) groups is 1. The molecule has 21 heavy (non-hydrogen) atoms. The van der Waals surface area contributed by atoms with E-state index in [9.17, 15) is 4.79 Å².